The largest absolute Gasteiger partial charge is 0.468 e. The molecule has 1 aromatic rings. The summed E-state index contributed by atoms with van der Waals surface area (Å²) in [5.74, 6) is 1.44. The van der Waals surface area contributed by atoms with Gasteiger partial charge < -0.3 is 9.15 Å². The van der Waals surface area contributed by atoms with Gasteiger partial charge in [0, 0.05) is 19.5 Å². The summed E-state index contributed by atoms with van der Waals surface area (Å²) in [5, 5.41) is 0. The molecule has 0 aliphatic rings. The van der Waals surface area contributed by atoms with Crippen LogP contribution in [0.4, 0.5) is 0 Å². The van der Waals surface area contributed by atoms with Crippen LogP contribution in [0.3, 0.4) is 0 Å². The van der Waals surface area contributed by atoms with Crippen molar-refractivity contribution in [2.75, 3.05) is 19.5 Å². The second-order valence-corrected chi connectivity index (χ2v) is 4.63. The zero-order chi connectivity index (χ0) is 10.4. The van der Waals surface area contributed by atoms with Gasteiger partial charge in [0.2, 0.25) is 0 Å². The maximum absolute atomic E-state index is 11.7. The molecule has 1 rings (SSSR count). The highest BCUT2D eigenvalue weighted by Gasteiger charge is 2.08. The lowest BCUT2D eigenvalue weighted by Crippen LogP contribution is -2.00. The Morgan fingerprint density at radius 2 is 2.29 bits per heavy atom. The maximum atomic E-state index is 11.7. The van der Waals surface area contributed by atoms with Crippen molar-refractivity contribution in [3.8, 4) is 0 Å². The van der Waals surface area contributed by atoms with Gasteiger partial charge in [0.25, 0.3) is 0 Å². The number of ether oxygens (including phenoxy) is 1. The van der Waals surface area contributed by atoms with Crippen LogP contribution in [0, 0.1) is 6.92 Å². The first-order chi connectivity index (χ1) is 6.75. The van der Waals surface area contributed by atoms with Crippen LogP contribution in [0.15, 0.2) is 21.6 Å². The third-order valence-electron chi connectivity index (χ3n) is 1.98. The highest BCUT2D eigenvalue weighted by Crippen LogP contribution is 2.14. The Hall–Kier alpha value is -0.610. The number of furan rings is 1. The Bertz CT molecular complexity index is 293. The van der Waals surface area contributed by atoms with Crippen molar-refractivity contribution < 1.29 is 13.4 Å². The molecule has 0 saturated heterocycles. The summed E-state index contributed by atoms with van der Waals surface area (Å²) >= 11 is 0. The lowest BCUT2D eigenvalue weighted by Gasteiger charge is -2.00. The molecule has 0 aliphatic carbocycles. The number of hydrogen-bond donors (Lipinski definition) is 0. The smallest absolute Gasteiger partial charge is 0.116 e. The fourth-order valence-electron chi connectivity index (χ4n) is 1.20. The second kappa shape index (κ2) is 5.98. The van der Waals surface area contributed by atoms with Crippen molar-refractivity contribution in [3.05, 3.63) is 18.1 Å². The number of unbranched alkanes of at least 4 members (excludes halogenated alkanes) is 1. The predicted molar refractivity (Wildman–Crippen MR) is 55.8 cm³/mol. The molecule has 1 aromatic heterocycles. The van der Waals surface area contributed by atoms with E-state index in [9.17, 15) is 4.21 Å². The average molecular weight is 216 g/mol. The topological polar surface area (TPSA) is 39.4 Å². The Morgan fingerprint density at radius 3 is 2.86 bits per heavy atom. The first-order valence-corrected chi connectivity index (χ1v) is 5.99. The van der Waals surface area contributed by atoms with Gasteiger partial charge in [0.05, 0.1) is 22.0 Å². The highest BCUT2D eigenvalue weighted by atomic mass is 32.2. The van der Waals surface area contributed by atoms with E-state index in [4.69, 9.17) is 9.15 Å². The third-order valence-corrected chi connectivity index (χ3v) is 3.56. The molecule has 0 N–H and O–H groups in total. The molecule has 4 heteroatoms. The minimum atomic E-state index is -0.917. The first kappa shape index (κ1) is 11.5. The van der Waals surface area contributed by atoms with Crippen LogP contribution in [0.2, 0.25) is 0 Å². The van der Waals surface area contributed by atoms with E-state index in [1.165, 1.54) is 0 Å². The summed E-state index contributed by atoms with van der Waals surface area (Å²) in [7, 11) is 0.761. The summed E-state index contributed by atoms with van der Waals surface area (Å²) in [4.78, 5) is 0.822. The second-order valence-electron chi connectivity index (χ2n) is 3.09. The third kappa shape index (κ3) is 3.27. The van der Waals surface area contributed by atoms with Crippen LogP contribution >= 0.6 is 0 Å². The van der Waals surface area contributed by atoms with E-state index in [0.717, 1.165) is 30.1 Å². The molecule has 1 unspecified atom stereocenters. The van der Waals surface area contributed by atoms with Gasteiger partial charge in [-0.1, -0.05) is 0 Å². The standard InChI is InChI=1S/C10H16O3S/c1-9-10(5-7-13-9)14(11)8-4-3-6-12-2/h5,7H,3-4,6,8H2,1-2H3. The average Bonchev–Trinajstić information content (AvgIpc) is 2.59. The van der Waals surface area contributed by atoms with Crippen molar-refractivity contribution in [3.63, 3.8) is 0 Å². The van der Waals surface area contributed by atoms with E-state index in [1.807, 2.05) is 6.92 Å². The molecule has 3 nitrogen and oxygen atoms in total. The Labute approximate surface area is 86.9 Å². The summed E-state index contributed by atoms with van der Waals surface area (Å²) < 4.78 is 21.7. The van der Waals surface area contributed by atoms with Gasteiger partial charge in [-0.3, -0.25) is 4.21 Å². The molecule has 0 bridgehead atoms. The van der Waals surface area contributed by atoms with Crippen LogP contribution in [0.25, 0.3) is 0 Å². The molecule has 0 aliphatic heterocycles. The van der Waals surface area contributed by atoms with E-state index in [1.54, 1.807) is 19.4 Å². The lowest BCUT2D eigenvalue weighted by atomic mass is 10.4. The molecule has 0 fully saturated rings. The van der Waals surface area contributed by atoms with Gasteiger partial charge in [-0.2, -0.15) is 0 Å². The summed E-state index contributed by atoms with van der Waals surface area (Å²) in [5.41, 5.74) is 0. The normalized spacial score (nSPS) is 13.0. The van der Waals surface area contributed by atoms with Gasteiger partial charge >= 0.3 is 0 Å². The predicted octanol–water partition coefficient (Wildman–Crippen LogP) is 2.12. The molecule has 80 valence electrons. The van der Waals surface area contributed by atoms with Crippen LogP contribution in [-0.4, -0.2) is 23.7 Å². The van der Waals surface area contributed by atoms with Crippen LogP contribution in [0.5, 0.6) is 0 Å². The van der Waals surface area contributed by atoms with Gasteiger partial charge in [0.15, 0.2) is 0 Å². The van der Waals surface area contributed by atoms with E-state index in [0.29, 0.717) is 5.75 Å². The zero-order valence-electron chi connectivity index (χ0n) is 8.62. The lowest BCUT2D eigenvalue weighted by molar-refractivity contribution is 0.194. The summed E-state index contributed by atoms with van der Waals surface area (Å²) in [6, 6.07) is 1.78. The van der Waals surface area contributed by atoms with Gasteiger partial charge in [-0.15, -0.1) is 0 Å². The van der Waals surface area contributed by atoms with E-state index < -0.39 is 10.8 Å². The minimum Gasteiger partial charge on any atom is -0.468 e. The van der Waals surface area contributed by atoms with Crippen LogP contribution in [0.1, 0.15) is 18.6 Å². The zero-order valence-corrected chi connectivity index (χ0v) is 9.43. The van der Waals surface area contributed by atoms with Crippen LogP contribution in [-0.2, 0) is 15.5 Å². The van der Waals surface area contributed by atoms with Gasteiger partial charge in [-0.05, 0) is 25.8 Å². The molecule has 0 amide bonds. The number of methoxy groups -OCH3 is 1. The summed E-state index contributed by atoms with van der Waals surface area (Å²) in [6.45, 7) is 2.57. The minimum absolute atomic E-state index is 0.684. The number of hydrogen-bond acceptors (Lipinski definition) is 3. The fourth-order valence-corrected chi connectivity index (χ4v) is 2.46. The molecule has 1 heterocycles. The number of aryl methyl sites for hydroxylation is 1. The molecule has 0 spiro atoms. The molecular weight excluding hydrogens is 200 g/mol. The molecule has 0 aromatic carbocycles. The van der Waals surface area contributed by atoms with Crippen molar-refractivity contribution in [2.24, 2.45) is 0 Å². The van der Waals surface area contributed by atoms with E-state index in [2.05, 4.69) is 0 Å². The van der Waals surface area contributed by atoms with Crippen LogP contribution < -0.4 is 0 Å². The van der Waals surface area contributed by atoms with Crippen molar-refractivity contribution >= 4 is 10.8 Å². The SMILES string of the molecule is COCCCCS(=O)c1ccoc1C. The Kier molecular flexibility index (Phi) is 4.90. The first-order valence-electron chi connectivity index (χ1n) is 4.67. The quantitative estimate of drug-likeness (QED) is 0.684. The molecule has 0 radical (unpaired) electrons. The molecular formula is C10H16O3S. The maximum Gasteiger partial charge on any atom is 0.116 e. The Morgan fingerprint density at radius 1 is 1.50 bits per heavy atom. The van der Waals surface area contributed by atoms with Gasteiger partial charge in [-0.25, -0.2) is 0 Å². The van der Waals surface area contributed by atoms with Crippen molar-refractivity contribution in [1.29, 1.82) is 0 Å². The molecule has 14 heavy (non-hydrogen) atoms. The van der Waals surface area contributed by atoms with Crippen molar-refractivity contribution in [1.82, 2.24) is 0 Å². The number of rotatable bonds is 6. The van der Waals surface area contributed by atoms with Gasteiger partial charge in [0.1, 0.15) is 5.76 Å². The monoisotopic (exact) mass is 216 g/mol. The molecule has 0 saturated carbocycles. The van der Waals surface area contributed by atoms with E-state index in [-0.39, 0.29) is 0 Å². The fraction of sp³-hybridized carbons (Fsp3) is 0.600. The van der Waals surface area contributed by atoms with E-state index >= 15 is 0 Å². The highest BCUT2D eigenvalue weighted by molar-refractivity contribution is 7.85. The van der Waals surface area contributed by atoms with Crippen molar-refractivity contribution in [2.45, 2.75) is 24.7 Å². The Balaban J connectivity index is 2.32. The molecule has 1 atom stereocenters. The summed E-state index contributed by atoms with van der Waals surface area (Å²) in [6.07, 6.45) is 3.46.